The Labute approximate surface area is 242 Å². The summed E-state index contributed by atoms with van der Waals surface area (Å²) >= 11 is 6.75. The summed E-state index contributed by atoms with van der Waals surface area (Å²) in [6.07, 6.45) is 3.96. The molecule has 12 heteroatoms. The molecule has 0 bridgehead atoms. The van der Waals surface area contributed by atoms with Crippen molar-refractivity contribution in [1.29, 1.82) is 0 Å². The summed E-state index contributed by atoms with van der Waals surface area (Å²) in [4.78, 5) is 11.9. The van der Waals surface area contributed by atoms with Crippen LogP contribution < -0.4 is 31.0 Å². The van der Waals surface area contributed by atoms with Gasteiger partial charge in [-0.1, -0.05) is 11.6 Å². The topological polar surface area (TPSA) is 110 Å². The van der Waals surface area contributed by atoms with Crippen molar-refractivity contribution in [3.05, 3.63) is 69.5 Å². The van der Waals surface area contributed by atoms with Crippen LogP contribution in [-0.4, -0.2) is 67.1 Å². The molecule has 2 N–H and O–H groups in total. The molecule has 1 aromatic carbocycles. The fraction of sp³-hybridized carbons (Fsp3) is 0.379. The summed E-state index contributed by atoms with van der Waals surface area (Å²) in [5, 5.41) is 16.9. The first-order chi connectivity index (χ1) is 19.9. The standard InChI is InChI=1S/C29H33ClN8O3/c1-16-13-37(14-17(2)33-16)23-7-6-19(9-24(23)40-4)34-29-31-12-18-8-22(28-36-32-15-38(28)27(18)35-29)21-10-20(39-3)11-25(41-5)26(21)30/h6-9,11,15-17,33H,10,12-14H2,1-5H3,(H,31,34)/t16-,17+. The second kappa shape index (κ2) is 11.1. The summed E-state index contributed by atoms with van der Waals surface area (Å²) in [6.45, 7) is 6.65. The number of benzene rings is 1. The Morgan fingerprint density at radius 1 is 1.05 bits per heavy atom. The maximum atomic E-state index is 6.75. The number of anilines is 2. The Morgan fingerprint density at radius 3 is 2.59 bits per heavy atom. The molecule has 2 aromatic heterocycles. The van der Waals surface area contributed by atoms with Crippen molar-refractivity contribution >= 4 is 40.2 Å². The van der Waals surface area contributed by atoms with Gasteiger partial charge in [0.05, 0.1) is 38.6 Å². The molecular weight excluding hydrogens is 544 g/mol. The van der Waals surface area contributed by atoms with E-state index >= 15 is 0 Å². The van der Waals surface area contributed by atoms with Crippen LogP contribution >= 0.6 is 11.6 Å². The number of hydrogen-bond donors (Lipinski definition) is 2. The molecular formula is C29H33ClN8O3. The van der Waals surface area contributed by atoms with E-state index in [4.69, 9.17) is 35.8 Å². The Balaban J connectivity index is 1.35. The molecule has 2 aliphatic heterocycles. The van der Waals surface area contributed by atoms with Crippen molar-refractivity contribution in [3.63, 3.8) is 0 Å². The van der Waals surface area contributed by atoms with E-state index in [0.717, 1.165) is 52.3 Å². The maximum Gasteiger partial charge on any atom is 0.224 e. The van der Waals surface area contributed by atoms with E-state index in [1.54, 1.807) is 33.7 Å². The van der Waals surface area contributed by atoms with E-state index in [-0.39, 0.29) is 0 Å². The number of aliphatic imine (C=N–C) groups is 1. The SMILES string of the molecule is COC1=CC(OC)=C(Cl)C(=c2cc3c(n4cnnc24)=NC(Nc2ccc(N4C[C@@H](C)N[C@@H](C)C4)c(OC)c2)=NC3)C1. The normalized spacial score (nSPS) is 22.0. The van der Waals surface area contributed by atoms with Gasteiger partial charge in [0.15, 0.2) is 5.65 Å². The average molecular weight is 577 g/mol. The smallest absolute Gasteiger partial charge is 0.224 e. The van der Waals surface area contributed by atoms with Crippen molar-refractivity contribution in [2.75, 3.05) is 44.6 Å². The third-order valence-electron chi connectivity index (χ3n) is 7.50. The Hall–Kier alpha value is -4.09. The van der Waals surface area contributed by atoms with E-state index in [0.29, 0.717) is 52.9 Å². The van der Waals surface area contributed by atoms with E-state index in [9.17, 15) is 0 Å². The number of ether oxygens (including phenoxy) is 3. The molecule has 41 heavy (non-hydrogen) atoms. The number of aromatic nitrogens is 3. The van der Waals surface area contributed by atoms with Gasteiger partial charge in [0.1, 0.15) is 29.1 Å². The molecule has 1 aliphatic carbocycles. The number of pyridine rings is 1. The molecule has 1 saturated heterocycles. The number of allylic oxidation sites excluding steroid dienone is 3. The minimum Gasteiger partial charge on any atom is -0.501 e. The van der Waals surface area contributed by atoms with Crippen LogP contribution in [0, 0.1) is 0 Å². The Bertz CT molecular complexity index is 1720. The molecule has 2 atom stereocenters. The molecule has 3 aromatic rings. The van der Waals surface area contributed by atoms with Gasteiger partial charge in [-0.3, -0.25) is 4.40 Å². The van der Waals surface area contributed by atoms with E-state index in [1.807, 2.05) is 22.6 Å². The first-order valence-electron chi connectivity index (χ1n) is 13.5. The highest BCUT2D eigenvalue weighted by Gasteiger charge is 2.24. The number of piperazine rings is 1. The van der Waals surface area contributed by atoms with Crippen LogP contribution in [0.1, 0.15) is 25.8 Å². The minimum atomic E-state index is 0.399. The van der Waals surface area contributed by atoms with Crippen LogP contribution in [0.5, 0.6) is 5.75 Å². The van der Waals surface area contributed by atoms with Crippen LogP contribution in [0.3, 0.4) is 0 Å². The zero-order valence-electron chi connectivity index (χ0n) is 23.7. The van der Waals surface area contributed by atoms with Crippen LogP contribution in [0.15, 0.2) is 63.2 Å². The van der Waals surface area contributed by atoms with Gasteiger partial charge >= 0.3 is 0 Å². The summed E-state index contributed by atoms with van der Waals surface area (Å²) in [5.41, 5.74) is 5.03. The lowest BCUT2D eigenvalue weighted by molar-refractivity contribution is 0.267. The van der Waals surface area contributed by atoms with Crippen molar-refractivity contribution in [2.45, 2.75) is 38.9 Å². The number of hydrogen-bond acceptors (Lipinski definition) is 10. The van der Waals surface area contributed by atoms with E-state index in [1.165, 1.54) is 0 Å². The molecule has 11 nitrogen and oxygen atoms in total. The van der Waals surface area contributed by atoms with Crippen molar-refractivity contribution in [3.8, 4) is 5.75 Å². The largest absolute Gasteiger partial charge is 0.501 e. The predicted molar refractivity (Wildman–Crippen MR) is 159 cm³/mol. The summed E-state index contributed by atoms with van der Waals surface area (Å²) in [7, 11) is 4.91. The zero-order chi connectivity index (χ0) is 28.7. The molecule has 0 unspecified atom stereocenters. The van der Waals surface area contributed by atoms with Crippen LogP contribution in [0.4, 0.5) is 11.4 Å². The third kappa shape index (κ3) is 5.11. The fourth-order valence-corrected chi connectivity index (χ4v) is 5.98. The van der Waals surface area contributed by atoms with Gasteiger partial charge in [0.25, 0.3) is 0 Å². The number of rotatable bonds is 5. The summed E-state index contributed by atoms with van der Waals surface area (Å²) < 4.78 is 18.7. The molecule has 6 rings (SSSR count). The quantitative estimate of drug-likeness (QED) is 0.477. The van der Waals surface area contributed by atoms with Gasteiger partial charge in [0.2, 0.25) is 5.96 Å². The van der Waals surface area contributed by atoms with E-state index < -0.39 is 0 Å². The van der Waals surface area contributed by atoms with Crippen molar-refractivity contribution in [2.24, 2.45) is 9.98 Å². The number of methoxy groups -OCH3 is 3. The molecule has 0 amide bonds. The predicted octanol–water partition coefficient (Wildman–Crippen LogP) is 2.71. The fourth-order valence-electron chi connectivity index (χ4n) is 5.68. The maximum absolute atomic E-state index is 6.75. The lowest BCUT2D eigenvalue weighted by atomic mass is 10.0. The molecule has 0 spiro atoms. The number of nitrogens with zero attached hydrogens (tertiary/aromatic N) is 6. The molecule has 0 saturated carbocycles. The second-order valence-electron chi connectivity index (χ2n) is 10.4. The van der Waals surface area contributed by atoms with Gasteiger partial charge in [-0.2, -0.15) is 4.99 Å². The Kier molecular flexibility index (Phi) is 7.31. The highest BCUT2D eigenvalue weighted by Crippen LogP contribution is 2.34. The van der Waals surface area contributed by atoms with Gasteiger partial charge in [0, 0.05) is 60.2 Å². The highest BCUT2D eigenvalue weighted by atomic mass is 35.5. The van der Waals surface area contributed by atoms with Crippen molar-refractivity contribution < 1.29 is 14.2 Å². The van der Waals surface area contributed by atoms with E-state index in [2.05, 4.69) is 45.6 Å². The molecule has 0 radical (unpaired) electrons. The first-order valence-corrected chi connectivity index (χ1v) is 13.9. The zero-order valence-corrected chi connectivity index (χ0v) is 24.5. The summed E-state index contributed by atoms with van der Waals surface area (Å²) in [6, 6.07) is 8.93. The number of nitrogens with one attached hydrogen (secondary N) is 2. The number of halogens is 1. The monoisotopic (exact) mass is 576 g/mol. The van der Waals surface area contributed by atoms with Crippen LogP contribution in [0.2, 0.25) is 0 Å². The highest BCUT2D eigenvalue weighted by molar-refractivity contribution is 6.36. The van der Waals surface area contributed by atoms with Crippen LogP contribution in [-0.2, 0) is 16.0 Å². The Morgan fingerprint density at radius 2 is 1.85 bits per heavy atom. The summed E-state index contributed by atoms with van der Waals surface area (Å²) in [5.74, 6) is 2.58. The van der Waals surface area contributed by atoms with Gasteiger partial charge < -0.3 is 29.7 Å². The molecule has 4 heterocycles. The lowest BCUT2D eigenvalue weighted by Gasteiger charge is -2.38. The first kappa shape index (κ1) is 27.1. The second-order valence-corrected chi connectivity index (χ2v) is 10.8. The van der Waals surface area contributed by atoms with Gasteiger partial charge in [-0.25, -0.2) is 4.99 Å². The third-order valence-corrected chi connectivity index (χ3v) is 7.91. The van der Waals surface area contributed by atoms with Gasteiger partial charge in [-0.05, 0) is 37.6 Å². The molecule has 1 fully saturated rings. The lowest BCUT2D eigenvalue weighted by Crippen LogP contribution is -2.54. The molecule has 3 aliphatic rings. The number of fused-ring (bicyclic) bond motifs is 3. The molecule has 214 valence electrons. The average Bonchev–Trinajstić information content (AvgIpc) is 3.47. The van der Waals surface area contributed by atoms with Crippen molar-refractivity contribution in [1.82, 2.24) is 19.9 Å². The number of guanidine groups is 1. The minimum absolute atomic E-state index is 0.399. The van der Waals surface area contributed by atoms with Crippen LogP contribution in [0.25, 0.3) is 11.2 Å². The van der Waals surface area contributed by atoms with Gasteiger partial charge in [-0.15, -0.1) is 10.2 Å².